The van der Waals surface area contributed by atoms with Crippen molar-refractivity contribution in [2.75, 3.05) is 26.2 Å². The maximum absolute atomic E-state index is 13.4. The topological polar surface area (TPSA) is 81.1 Å². The van der Waals surface area contributed by atoms with Crippen molar-refractivity contribution in [3.05, 3.63) is 46.8 Å². The van der Waals surface area contributed by atoms with Crippen LogP contribution in [-0.4, -0.2) is 64.7 Å². The second kappa shape index (κ2) is 10.6. The number of rotatable bonds is 3. The van der Waals surface area contributed by atoms with Gasteiger partial charge in [0.2, 0.25) is 5.91 Å². The number of carboxylic acid groups (broad SMARTS) is 1. The van der Waals surface area contributed by atoms with Crippen LogP contribution < -0.4 is 0 Å². The van der Waals surface area contributed by atoms with Gasteiger partial charge in [-0.3, -0.25) is 14.5 Å². The molecule has 6 nitrogen and oxygen atoms in total. The van der Waals surface area contributed by atoms with E-state index in [1.807, 2.05) is 4.90 Å². The lowest BCUT2D eigenvalue weighted by Crippen LogP contribution is -2.54. The monoisotopic (exact) mass is 452 g/mol. The van der Waals surface area contributed by atoms with E-state index in [1.165, 1.54) is 6.07 Å². The predicted molar refractivity (Wildman–Crippen MR) is 116 cm³/mol. The first-order valence-electron chi connectivity index (χ1n) is 10.7. The quantitative estimate of drug-likeness (QED) is 0.543. The van der Waals surface area contributed by atoms with Gasteiger partial charge < -0.3 is 15.1 Å². The van der Waals surface area contributed by atoms with Crippen molar-refractivity contribution >= 4 is 24.0 Å². The number of hydrogen-bond acceptors (Lipinski definition) is 4. The van der Waals surface area contributed by atoms with Crippen molar-refractivity contribution < 1.29 is 24.2 Å². The first-order valence-corrected chi connectivity index (χ1v) is 11.1. The Morgan fingerprint density at radius 2 is 1.90 bits per heavy atom. The van der Waals surface area contributed by atoms with Crippen molar-refractivity contribution in [2.24, 2.45) is 11.3 Å². The Kier molecular flexibility index (Phi) is 8.08. The number of aliphatic hydroxyl groups excluding tert-OH is 1. The Hall–Kier alpha value is -1.96. The Balaban J connectivity index is 0.000000858. The average Bonchev–Trinajstić information content (AvgIpc) is 3.26. The number of carbonyl (C=O) groups is 2. The second-order valence-electron chi connectivity index (χ2n) is 8.85. The zero-order chi connectivity index (χ0) is 22.4. The van der Waals surface area contributed by atoms with E-state index in [1.54, 1.807) is 12.1 Å². The number of amides is 1. The fourth-order valence-electron chi connectivity index (χ4n) is 5.12. The minimum atomic E-state index is -0.407. The fourth-order valence-corrected chi connectivity index (χ4v) is 5.33. The summed E-state index contributed by atoms with van der Waals surface area (Å²) < 4.78 is 13.4. The van der Waals surface area contributed by atoms with Crippen LogP contribution in [-0.2, 0) is 16.1 Å². The molecule has 1 aromatic carbocycles. The molecule has 0 saturated carbocycles. The molecule has 2 heterocycles. The van der Waals surface area contributed by atoms with E-state index < -0.39 is 5.82 Å². The van der Waals surface area contributed by atoms with Gasteiger partial charge in [0.25, 0.3) is 6.47 Å². The van der Waals surface area contributed by atoms with Gasteiger partial charge in [-0.25, -0.2) is 4.39 Å². The third kappa shape index (κ3) is 6.05. The standard InChI is InChI=1S/C22H28ClFN2O2.CH2O2/c23-19-11-16(5-6-20(19)24)13-25-14-18(27)12-22(15-25)7-9-26(10-8-22)21(28)17-3-1-2-4-17;2-1-3/h1-2,5-6,11,17-18,27H,3-4,7-10,12-15H2;1H,(H,2,3). The number of benzene rings is 1. The molecule has 1 aliphatic carbocycles. The van der Waals surface area contributed by atoms with Crippen LogP contribution in [0.3, 0.4) is 0 Å². The number of nitrogens with zero attached hydrogens (tertiary/aromatic N) is 2. The summed E-state index contributed by atoms with van der Waals surface area (Å²) in [6.07, 6.45) is 8.22. The first-order chi connectivity index (χ1) is 14.9. The van der Waals surface area contributed by atoms with Gasteiger partial charge in [0.15, 0.2) is 0 Å². The van der Waals surface area contributed by atoms with Crippen molar-refractivity contribution in [1.29, 1.82) is 0 Å². The summed E-state index contributed by atoms with van der Waals surface area (Å²) in [5.41, 5.74) is 1.00. The number of likely N-dealkylation sites (tertiary alicyclic amines) is 2. The third-order valence-electron chi connectivity index (χ3n) is 6.58. The number of aliphatic hydroxyl groups is 1. The zero-order valence-corrected chi connectivity index (χ0v) is 18.3. The van der Waals surface area contributed by atoms with Crippen molar-refractivity contribution in [3.8, 4) is 0 Å². The molecular weight excluding hydrogens is 423 g/mol. The van der Waals surface area contributed by atoms with Gasteiger partial charge in [0, 0.05) is 38.6 Å². The summed E-state index contributed by atoms with van der Waals surface area (Å²) in [4.78, 5) is 25.3. The molecule has 1 aromatic rings. The molecule has 2 saturated heterocycles. The molecule has 4 rings (SSSR count). The van der Waals surface area contributed by atoms with E-state index >= 15 is 0 Å². The number of allylic oxidation sites excluding steroid dienone is 2. The highest BCUT2D eigenvalue weighted by Crippen LogP contribution is 2.41. The van der Waals surface area contributed by atoms with Crippen molar-refractivity contribution in [1.82, 2.24) is 9.80 Å². The van der Waals surface area contributed by atoms with Crippen LogP contribution in [0.2, 0.25) is 5.02 Å². The predicted octanol–water partition coefficient (Wildman–Crippen LogP) is 3.32. The van der Waals surface area contributed by atoms with Crippen LogP contribution >= 0.6 is 11.6 Å². The summed E-state index contributed by atoms with van der Waals surface area (Å²) >= 11 is 5.92. The maximum Gasteiger partial charge on any atom is 0.290 e. The molecule has 0 aromatic heterocycles. The number of carbonyl (C=O) groups excluding carboxylic acids is 1. The molecule has 31 heavy (non-hydrogen) atoms. The van der Waals surface area contributed by atoms with Gasteiger partial charge in [-0.05, 0) is 55.2 Å². The van der Waals surface area contributed by atoms with Crippen LogP contribution in [0, 0.1) is 17.2 Å². The Bertz CT molecular complexity index is 803. The molecule has 1 spiro atoms. The van der Waals surface area contributed by atoms with Crippen LogP contribution in [0.15, 0.2) is 30.4 Å². The first kappa shape index (κ1) is 23.7. The van der Waals surface area contributed by atoms with Crippen LogP contribution in [0.1, 0.15) is 37.7 Å². The SMILES string of the molecule is O=C(C1CC=CC1)N1CCC2(CC1)CC(O)CN(Cc1ccc(F)c(Cl)c1)C2.O=CO. The molecule has 170 valence electrons. The van der Waals surface area contributed by atoms with Gasteiger partial charge in [0.05, 0.1) is 11.1 Å². The molecule has 2 fully saturated rings. The smallest absolute Gasteiger partial charge is 0.290 e. The van der Waals surface area contributed by atoms with Gasteiger partial charge in [-0.15, -0.1) is 0 Å². The second-order valence-corrected chi connectivity index (χ2v) is 9.25. The van der Waals surface area contributed by atoms with Crippen molar-refractivity contribution in [3.63, 3.8) is 0 Å². The normalized spacial score (nSPS) is 23.5. The highest BCUT2D eigenvalue weighted by atomic mass is 35.5. The van der Waals surface area contributed by atoms with E-state index in [0.717, 1.165) is 57.3 Å². The van der Waals surface area contributed by atoms with Crippen LogP contribution in [0.25, 0.3) is 0 Å². The summed E-state index contributed by atoms with van der Waals surface area (Å²) in [5.74, 6) is 0.00908. The molecule has 8 heteroatoms. The number of piperidine rings is 2. The summed E-state index contributed by atoms with van der Waals surface area (Å²) in [6.45, 7) is 3.46. The molecule has 1 unspecified atom stereocenters. The summed E-state index contributed by atoms with van der Waals surface area (Å²) in [5, 5.41) is 17.5. The zero-order valence-electron chi connectivity index (χ0n) is 17.6. The Morgan fingerprint density at radius 1 is 1.26 bits per heavy atom. The maximum atomic E-state index is 13.4. The highest BCUT2D eigenvalue weighted by molar-refractivity contribution is 6.30. The van der Waals surface area contributed by atoms with Gasteiger partial charge in [-0.2, -0.15) is 0 Å². The molecule has 2 N–H and O–H groups in total. The third-order valence-corrected chi connectivity index (χ3v) is 6.87. The minimum absolute atomic E-state index is 0.0478. The van der Waals surface area contributed by atoms with E-state index in [9.17, 15) is 14.3 Å². The van der Waals surface area contributed by atoms with Crippen LogP contribution in [0.5, 0.6) is 0 Å². The van der Waals surface area contributed by atoms with Gasteiger partial charge in [0.1, 0.15) is 5.82 Å². The fraction of sp³-hybridized carbons (Fsp3) is 0.565. The Labute approximate surface area is 187 Å². The van der Waals surface area contributed by atoms with Gasteiger partial charge in [-0.1, -0.05) is 29.8 Å². The Morgan fingerprint density at radius 3 is 2.52 bits per heavy atom. The van der Waals surface area contributed by atoms with E-state index in [-0.39, 0.29) is 34.8 Å². The lowest BCUT2D eigenvalue weighted by atomic mass is 9.71. The summed E-state index contributed by atoms with van der Waals surface area (Å²) in [7, 11) is 0. The molecular formula is C23H30ClFN2O4. The molecule has 0 bridgehead atoms. The molecule has 1 atom stereocenters. The lowest BCUT2D eigenvalue weighted by Gasteiger charge is -2.49. The molecule has 3 aliphatic rings. The number of hydrogen-bond donors (Lipinski definition) is 2. The van der Waals surface area contributed by atoms with Crippen LogP contribution in [0.4, 0.5) is 4.39 Å². The number of β-amino-alcohol motifs (C(OH)–C–C–N with tert-alkyl or cyclic N) is 1. The lowest BCUT2D eigenvalue weighted by molar-refractivity contribution is -0.139. The molecule has 1 amide bonds. The van der Waals surface area contributed by atoms with E-state index in [4.69, 9.17) is 21.5 Å². The van der Waals surface area contributed by atoms with E-state index in [2.05, 4.69) is 17.1 Å². The van der Waals surface area contributed by atoms with E-state index in [0.29, 0.717) is 13.1 Å². The highest BCUT2D eigenvalue weighted by Gasteiger charge is 2.42. The molecule has 0 radical (unpaired) electrons. The summed E-state index contributed by atoms with van der Waals surface area (Å²) in [6, 6.07) is 4.82. The average molecular weight is 453 g/mol. The molecule has 2 aliphatic heterocycles. The van der Waals surface area contributed by atoms with Crippen molar-refractivity contribution in [2.45, 2.75) is 44.8 Å². The van der Waals surface area contributed by atoms with Gasteiger partial charge >= 0.3 is 0 Å². The minimum Gasteiger partial charge on any atom is -0.483 e. The number of halogens is 2. The largest absolute Gasteiger partial charge is 0.483 e.